The molecule has 0 radical (unpaired) electrons. The fraction of sp³-hybridized carbons (Fsp3) is 0.875. The van der Waals surface area contributed by atoms with Crippen molar-refractivity contribution >= 4 is 5.97 Å². The van der Waals surface area contributed by atoms with Gasteiger partial charge in [0.05, 0.1) is 12.2 Å². The van der Waals surface area contributed by atoms with Crippen molar-refractivity contribution in [1.82, 2.24) is 0 Å². The lowest BCUT2D eigenvalue weighted by Gasteiger charge is -2.17. The van der Waals surface area contributed by atoms with Crippen LogP contribution in [-0.2, 0) is 9.53 Å². The molecule has 2 N–H and O–H groups in total. The molecule has 0 aromatic carbocycles. The normalized spacial score (nSPS) is 14.3. The van der Waals surface area contributed by atoms with E-state index in [1.54, 1.807) is 13.8 Å². The third-order valence-corrected chi connectivity index (χ3v) is 1.43. The Morgan fingerprint density at radius 2 is 2.08 bits per heavy atom. The van der Waals surface area contributed by atoms with Gasteiger partial charge in [0.2, 0.25) is 0 Å². The zero-order chi connectivity index (χ0) is 9.78. The highest BCUT2D eigenvalue weighted by molar-refractivity contribution is 5.71. The molecule has 12 heavy (non-hydrogen) atoms. The molecule has 0 heterocycles. The van der Waals surface area contributed by atoms with Gasteiger partial charge in [0.15, 0.2) is 6.10 Å². The molecule has 0 aromatic rings. The lowest BCUT2D eigenvalue weighted by Crippen LogP contribution is -2.25. The standard InChI is InChI=1S/C8H16O4/c1-6(7(9)10)12-5-4-8(2,3)11/h6,11H,4-5H2,1-3H3,(H,9,10). The van der Waals surface area contributed by atoms with E-state index in [4.69, 9.17) is 9.84 Å². The number of carboxylic acids is 1. The Morgan fingerprint density at radius 1 is 1.58 bits per heavy atom. The Balaban J connectivity index is 3.51. The van der Waals surface area contributed by atoms with E-state index in [0.29, 0.717) is 6.42 Å². The summed E-state index contributed by atoms with van der Waals surface area (Å²) in [5.41, 5.74) is -0.793. The molecule has 0 aliphatic rings. The zero-order valence-electron chi connectivity index (χ0n) is 7.70. The first-order chi connectivity index (χ1) is 5.33. The van der Waals surface area contributed by atoms with Crippen molar-refractivity contribution in [3.05, 3.63) is 0 Å². The number of carboxylic acid groups (broad SMARTS) is 1. The minimum Gasteiger partial charge on any atom is -0.479 e. The molecule has 0 aliphatic carbocycles. The fourth-order valence-electron chi connectivity index (χ4n) is 0.557. The second-order valence-electron chi connectivity index (χ2n) is 3.41. The summed E-state index contributed by atoms with van der Waals surface area (Å²) in [5, 5.41) is 17.7. The van der Waals surface area contributed by atoms with Crippen LogP contribution in [0.25, 0.3) is 0 Å². The molecule has 0 rings (SSSR count). The van der Waals surface area contributed by atoms with Crippen LogP contribution in [0, 0.1) is 0 Å². The summed E-state index contributed by atoms with van der Waals surface area (Å²) in [4.78, 5) is 10.3. The quantitative estimate of drug-likeness (QED) is 0.645. The molecule has 0 amide bonds. The lowest BCUT2D eigenvalue weighted by molar-refractivity contribution is -0.150. The summed E-state index contributed by atoms with van der Waals surface area (Å²) in [6, 6.07) is 0. The van der Waals surface area contributed by atoms with E-state index >= 15 is 0 Å². The highest BCUT2D eigenvalue weighted by atomic mass is 16.5. The smallest absolute Gasteiger partial charge is 0.332 e. The first kappa shape index (κ1) is 11.4. The second kappa shape index (κ2) is 4.42. The van der Waals surface area contributed by atoms with Crippen LogP contribution in [0.5, 0.6) is 0 Å². The van der Waals surface area contributed by atoms with Gasteiger partial charge in [0.25, 0.3) is 0 Å². The average molecular weight is 176 g/mol. The summed E-state index contributed by atoms with van der Waals surface area (Å²) in [5.74, 6) is -0.981. The van der Waals surface area contributed by atoms with Gasteiger partial charge < -0.3 is 14.9 Å². The molecule has 0 fully saturated rings. The van der Waals surface area contributed by atoms with Crippen LogP contribution in [0.2, 0.25) is 0 Å². The summed E-state index contributed by atoms with van der Waals surface area (Å²) in [7, 11) is 0. The van der Waals surface area contributed by atoms with Crippen LogP contribution >= 0.6 is 0 Å². The van der Waals surface area contributed by atoms with Crippen LogP contribution in [0.1, 0.15) is 27.2 Å². The van der Waals surface area contributed by atoms with E-state index in [9.17, 15) is 9.90 Å². The summed E-state index contributed by atoms with van der Waals surface area (Å²) in [6.45, 7) is 5.03. The monoisotopic (exact) mass is 176 g/mol. The second-order valence-corrected chi connectivity index (χ2v) is 3.41. The number of rotatable bonds is 5. The number of ether oxygens (including phenoxy) is 1. The zero-order valence-corrected chi connectivity index (χ0v) is 7.70. The topological polar surface area (TPSA) is 66.8 Å². The Morgan fingerprint density at radius 3 is 2.42 bits per heavy atom. The summed E-state index contributed by atoms with van der Waals surface area (Å²) >= 11 is 0. The molecule has 4 nitrogen and oxygen atoms in total. The van der Waals surface area contributed by atoms with E-state index in [1.807, 2.05) is 0 Å². The Kier molecular flexibility index (Phi) is 4.20. The lowest BCUT2D eigenvalue weighted by atomic mass is 10.1. The Bertz CT molecular complexity index is 148. The molecule has 0 aliphatic heterocycles. The van der Waals surface area contributed by atoms with Crippen LogP contribution in [0.4, 0.5) is 0 Å². The average Bonchev–Trinajstić information content (AvgIpc) is 1.84. The molecule has 0 bridgehead atoms. The molecule has 0 saturated carbocycles. The first-order valence-corrected chi connectivity index (χ1v) is 3.90. The van der Waals surface area contributed by atoms with Crippen molar-refractivity contribution in [2.24, 2.45) is 0 Å². The minimum atomic E-state index is -0.981. The van der Waals surface area contributed by atoms with Crippen LogP contribution < -0.4 is 0 Å². The number of aliphatic carboxylic acids is 1. The largest absolute Gasteiger partial charge is 0.479 e. The molecule has 4 heteroatoms. The van der Waals surface area contributed by atoms with Crippen molar-refractivity contribution in [2.45, 2.75) is 38.9 Å². The predicted octanol–water partition coefficient (Wildman–Crippen LogP) is 0.637. The summed E-state index contributed by atoms with van der Waals surface area (Å²) in [6.07, 6.45) is -0.364. The van der Waals surface area contributed by atoms with Gasteiger partial charge in [-0.25, -0.2) is 4.79 Å². The third kappa shape index (κ3) is 6.12. The van der Waals surface area contributed by atoms with E-state index in [1.165, 1.54) is 6.92 Å². The molecular weight excluding hydrogens is 160 g/mol. The number of hydrogen-bond acceptors (Lipinski definition) is 3. The molecule has 0 saturated heterocycles. The van der Waals surface area contributed by atoms with Crippen molar-refractivity contribution < 1.29 is 19.7 Å². The number of hydrogen-bond donors (Lipinski definition) is 2. The summed E-state index contributed by atoms with van der Waals surface area (Å²) < 4.78 is 4.92. The van der Waals surface area contributed by atoms with Gasteiger partial charge in [-0.1, -0.05) is 0 Å². The van der Waals surface area contributed by atoms with E-state index < -0.39 is 17.7 Å². The minimum absolute atomic E-state index is 0.261. The van der Waals surface area contributed by atoms with Crippen molar-refractivity contribution in [2.75, 3.05) is 6.61 Å². The van der Waals surface area contributed by atoms with Crippen LogP contribution in [0.3, 0.4) is 0 Å². The molecule has 1 unspecified atom stereocenters. The highest BCUT2D eigenvalue weighted by Gasteiger charge is 2.15. The predicted molar refractivity (Wildman–Crippen MR) is 44.0 cm³/mol. The van der Waals surface area contributed by atoms with Crippen molar-refractivity contribution in [1.29, 1.82) is 0 Å². The van der Waals surface area contributed by atoms with Gasteiger partial charge in [-0.05, 0) is 27.2 Å². The maximum Gasteiger partial charge on any atom is 0.332 e. The molecule has 72 valence electrons. The van der Waals surface area contributed by atoms with Gasteiger partial charge in [-0.15, -0.1) is 0 Å². The number of carbonyl (C=O) groups is 1. The SMILES string of the molecule is CC(OCCC(C)(C)O)C(=O)O. The molecular formula is C8H16O4. The van der Waals surface area contributed by atoms with Crippen LogP contribution in [-0.4, -0.2) is 34.5 Å². The van der Waals surface area contributed by atoms with Crippen molar-refractivity contribution in [3.8, 4) is 0 Å². The van der Waals surface area contributed by atoms with Gasteiger partial charge in [-0.2, -0.15) is 0 Å². The molecule has 1 atom stereocenters. The number of aliphatic hydroxyl groups is 1. The fourth-order valence-corrected chi connectivity index (χ4v) is 0.557. The van der Waals surface area contributed by atoms with E-state index in [-0.39, 0.29) is 6.61 Å². The Hall–Kier alpha value is -0.610. The van der Waals surface area contributed by atoms with E-state index in [0.717, 1.165) is 0 Å². The Labute approximate surface area is 72.2 Å². The van der Waals surface area contributed by atoms with Gasteiger partial charge >= 0.3 is 5.97 Å². The van der Waals surface area contributed by atoms with Crippen molar-refractivity contribution in [3.63, 3.8) is 0 Å². The van der Waals surface area contributed by atoms with E-state index in [2.05, 4.69) is 0 Å². The van der Waals surface area contributed by atoms with Crippen LogP contribution in [0.15, 0.2) is 0 Å². The highest BCUT2D eigenvalue weighted by Crippen LogP contribution is 2.07. The third-order valence-electron chi connectivity index (χ3n) is 1.43. The molecule has 0 aromatic heterocycles. The first-order valence-electron chi connectivity index (χ1n) is 3.90. The van der Waals surface area contributed by atoms with Gasteiger partial charge in [0.1, 0.15) is 0 Å². The molecule has 0 spiro atoms. The maximum atomic E-state index is 10.3. The maximum absolute atomic E-state index is 10.3. The van der Waals surface area contributed by atoms with Gasteiger partial charge in [-0.3, -0.25) is 0 Å². The van der Waals surface area contributed by atoms with Gasteiger partial charge in [0, 0.05) is 0 Å².